The van der Waals surface area contributed by atoms with Gasteiger partial charge in [-0.1, -0.05) is 0 Å². The van der Waals surface area contributed by atoms with Crippen LogP contribution in [0.25, 0.3) is 0 Å². The standard InChI is InChI=1S/C13H19NO2/c1-9(14(15)16)5-13-6-10-2-11(7-13)4-12(3-10)8-13/h10-12H,1-8H2. The summed E-state index contributed by atoms with van der Waals surface area (Å²) in [6, 6.07) is 0. The summed E-state index contributed by atoms with van der Waals surface area (Å²) in [7, 11) is 0. The number of nitrogens with zero attached hydrogens (tertiary/aromatic N) is 1. The van der Waals surface area contributed by atoms with Crippen LogP contribution in [0.3, 0.4) is 0 Å². The Morgan fingerprint density at radius 1 is 1.19 bits per heavy atom. The number of rotatable bonds is 3. The second-order valence-corrected chi connectivity index (χ2v) is 6.42. The van der Waals surface area contributed by atoms with Crippen molar-refractivity contribution in [1.82, 2.24) is 0 Å². The zero-order valence-corrected chi connectivity index (χ0v) is 9.65. The molecule has 0 radical (unpaired) electrons. The Bertz CT molecular complexity index is 313. The van der Waals surface area contributed by atoms with Crippen LogP contribution in [-0.2, 0) is 0 Å². The Morgan fingerprint density at radius 3 is 2.00 bits per heavy atom. The minimum Gasteiger partial charge on any atom is -0.259 e. The zero-order chi connectivity index (χ0) is 11.3. The van der Waals surface area contributed by atoms with Crippen molar-refractivity contribution >= 4 is 0 Å². The van der Waals surface area contributed by atoms with E-state index in [4.69, 9.17) is 0 Å². The molecule has 0 aromatic carbocycles. The van der Waals surface area contributed by atoms with Crippen LogP contribution in [0.4, 0.5) is 0 Å². The highest BCUT2D eigenvalue weighted by atomic mass is 16.6. The third-order valence-electron chi connectivity index (χ3n) is 5.00. The second-order valence-electron chi connectivity index (χ2n) is 6.42. The van der Waals surface area contributed by atoms with Crippen LogP contribution < -0.4 is 0 Å². The van der Waals surface area contributed by atoms with Crippen molar-refractivity contribution in [3.8, 4) is 0 Å². The molecule has 0 spiro atoms. The first-order valence-electron chi connectivity index (χ1n) is 6.38. The van der Waals surface area contributed by atoms with Crippen LogP contribution in [0.15, 0.2) is 12.3 Å². The summed E-state index contributed by atoms with van der Waals surface area (Å²) < 4.78 is 0. The molecule has 0 atom stereocenters. The summed E-state index contributed by atoms with van der Waals surface area (Å²) in [5, 5.41) is 10.7. The van der Waals surface area contributed by atoms with Crippen LogP contribution in [0.2, 0.25) is 0 Å². The van der Waals surface area contributed by atoms with Gasteiger partial charge in [-0.3, -0.25) is 10.1 Å². The molecular formula is C13H19NO2. The normalized spacial score (nSPS) is 44.6. The quantitative estimate of drug-likeness (QED) is 0.541. The van der Waals surface area contributed by atoms with E-state index in [0.717, 1.165) is 17.8 Å². The molecule has 4 aliphatic rings. The second kappa shape index (κ2) is 3.31. The number of hydrogen-bond donors (Lipinski definition) is 0. The highest BCUT2D eigenvalue weighted by molar-refractivity contribution is 5.05. The summed E-state index contributed by atoms with van der Waals surface area (Å²) in [4.78, 5) is 10.5. The lowest BCUT2D eigenvalue weighted by Crippen LogP contribution is -2.46. The molecule has 4 saturated carbocycles. The van der Waals surface area contributed by atoms with E-state index in [9.17, 15) is 10.1 Å². The van der Waals surface area contributed by atoms with Crippen molar-refractivity contribution in [1.29, 1.82) is 0 Å². The SMILES string of the molecule is C=C(CC12CC3CC(CC(C3)C1)C2)[N+](=O)[O-]. The monoisotopic (exact) mass is 221 g/mol. The molecular weight excluding hydrogens is 202 g/mol. The fraction of sp³-hybridized carbons (Fsp3) is 0.846. The lowest BCUT2D eigenvalue weighted by molar-refractivity contribution is -0.430. The molecule has 3 heteroatoms. The highest BCUT2D eigenvalue weighted by Crippen LogP contribution is 2.61. The van der Waals surface area contributed by atoms with Crippen molar-refractivity contribution in [2.24, 2.45) is 23.2 Å². The molecule has 3 nitrogen and oxygen atoms in total. The van der Waals surface area contributed by atoms with Crippen molar-refractivity contribution < 1.29 is 4.92 Å². The van der Waals surface area contributed by atoms with Gasteiger partial charge >= 0.3 is 0 Å². The van der Waals surface area contributed by atoms with Crippen molar-refractivity contribution in [2.75, 3.05) is 0 Å². The third kappa shape index (κ3) is 1.57. The number of allylic oxidation sites excluding steroid dienone is 1. The molecule has 0 amide bonds. The van der Waals surface area contributed by atoms with Gasteiger partial charge in [0.2, 0.25) is 5.70 Å². The van der Waals surface area contributed by atoms with E-state index in [-0.39, 0.29) is 16.0 Å². The first-order valence-corrected chi connectivity index (χ1v) is 6.38. The maximum atomic E-state index is 10.7. The maximum absolute atomic E-state index is 10.7. The first kappa shape index (κ1) is 10.3. The Labute approximate surface area is 96.1 Å². The molecule has 0 aromatic heterocycles. The molecule has 0 heterocycles. The Balaban J connectivity index is 1.78. The molecule has 0 saturated heterocycles. The van der Waals surface area contributed by atoms with Crippen LogP contribution in [0, 0.1) is 33.3 Å². The van der Waals surface area contributed by atoms with Gasteiger partial charge in [-0.05, 0) is 68.3 Å². The van der Waals surface area contributed by atoms with Gasteiger partial charge in [0.25, 0.3) is 0 Å². The summed E-state index contributed by atoms with van der Waals surface area (Å²) in [6.45, 7) is 3.63. The molecule has 0 aromatic rings. The minimum atomic E-state index is -0.279. The van der Waals surface area contributed by atoms with Crippen LogP contribution in [-0.4, -0.2) is 4.92 Å². The van der Waals surface area contributed by atoms with E-state index in [1.165, 1.54) is 38.5 Å². The summed E-state index contributed by atoms with van der Waals surface area (Å²) >= 11 is 0. The molecule has 4 bridgehead atoms. The van der Waals surface area contributed by atoms with Gasteiger partial charge in [0.1, 0.15) is 0 Å². The fourth-order valence-corrected chi connectivity index (χ4v) is 5.00. The van der Waals surface area contributed by atoms with Crippen LogP contribution >= 0.6 is 0 Å². The minimum absolute atomic E-state index is 0.238. The van der Waals surface area contributed by atoms with E-state index < -0.39 is 0 Å². The molecule has 0 unspecified atom stereocenters. The lowest BCUT2D eigenvalue weighted by Gasteiger charge is -2.56. The predicted octanol–water partition coefficient (Wildman–Crippen LogP) is 3.38. The molecule has 16 heavy (non-hydrogen) atoms. The Hall–Kier alpha value is -0.860. The van der Waals surface area contributed by atoms with Gasteiger partial charge in [-0.25, -0.2) is 0 Å². The van der Waals surface area contributed by atoms with E-state index in [1.54, 1.807) is 0 Å². The van der Waals surface area contributed by atoms with Gasteiger partial charge in [0.05, 0.1) is 4.92 Å². The summed E-state index contributed by atoms with van der Waals surface area (Å²) in [6.07, 6.45) is 8.51. The van der Waals surface area contributed by atoms with Gasteiger partial charge in [-0.15, -0.1) is 0 Å². The van der Waals surface area contributed by atoms with Crippen molar-refractivity contribution in [2.45, 2.75) is 44.9 Å². The maximum Gasteiger partial charge on any atom is 0.239 e. The lowest BCUT2D eigenvalue weighted by atomic mass is 9.48. The Morgan fingerprint density at radius 2 is 1.62 bits per heavy atom. The molecule has 0 aliphatic heterocycles. The van der Waals surface area contributed by atoms with Gasteiger partial charge in [0, 0.05) is 6.42 Å². The fourth-order valence-electron chi connectivity index (χ4n) is 5.00. The van der Waals surface area contributed by atoms with Crippen molar-refractivity contribution in [3.05, 3.63) is 22.4 Å². The van der Waals surface area contributed by atoms with Gasteiger partial charge in [-0.2, -0.15) is 0 Å². The molecule has 4 fully saturated rings. The summed E-state index contributed by atoms with van der Waals surface area (Å²) in [5.41, 5.74) is 0.501. The van der Waals surface area contributed by atoms with E-state index in [0.29, 0.717) is 6.42 Å². The van der Waals surface area contributed by atoms with Crippen LogP contribution in [0.5, 0.6) is 0 Å². The average molecular weight is 221 g/mol. The smallest absolute Gasteiger partial charge is 0.239 e. The van der Waals surface area contributed by atoms with E-state index in [2.05, 4.69) is 6.58 Å². The first-order chi connectivity index (χ1) is 7.56. The van der Waals surface area contributed by atoms with Crippen molar-refractivity contribution in [3.63, 3.8) is 0 Å². The largest absolute Gasteiger partial charge is 0.259 e. The summed E-state index contributed by atoms with van der Waals surface area (Å²) in [5.74, 6) is 2.60. The van der Waals surface area contributed by atoms with E-state index >= 15 is 0 Å². The van der Waals surface area contributed by atoms with Gasteiger partial charge < -0.3 is 0 Å². The molecule has 4 aliphatic carbocycles. The Kier molecular flexibility index (Phi) is 2.13. The topological polar surface area (TPSA) is 43.1 Å². The third-order valence-corrected chi connectivity index (χ3v) is 5.00. The molecule has 0 N–H and O–H groups in total. The van der Waals surface area contributed by atoms with Crippen LogP contribution in [0.1, 0.15) is 44.9 Å². The predicted molar refractivity (Wildman–Crippen MR) is 61.4 cm³/mol. The zero-order valence-electron chi connectivity index (χ0n) is 9.65. The number of nitro groups is 1. The molecule has 4 rings (SSSR count). The molecule has 88 valence electrons. The van der Waals surface area contributed by atoms with E-state index in [1.807, 2.05) is 0 Å². The highest BCUT2D eigenvalue weighted by Gasteiger charge is 2.51. The number of hydrogen-bond acceptors (Lipinski definition) is 2. The van der Waals surface area contributed by atoms with Gasteiger partial charge in [0.15, 0.2) is 0 Å². The average Bonchev–Trinajstić information content (AvgIpc) is 2.13.